The number of amides is 1. The number of rotatable bonds is 4. The van der Waals surface area contributed by atoms with Crippen molar-refractivity contribution >= 4 is 11.9 Å². The number of likely N-dealkylation sites (tertiary alicyclic amines) is 2. The second kappa shape index (κ2) is 7.22. The Labute approximate surface area is 126 Å². The Kier molecular flexibility index (Phi) is 5.58. The van der Waals surface area contributed by atoms with Crippen LogP contribution in [0.4, 0.5) is 0 Å². The van der Waals surface area contributed by atoms with Crippen molar-refractivity contribution in [2.45, 2.75) is 44.7 Å². The zero-order valence-corrected chi connectivity index (χ0v) is 13.0. The molecule has 6 nitrogen and oxygen atoms in total. The van der Waals surface area contributed by atoms with Crippen LogP contribution >= 0.6 is 0 Å². The molecule has 2 rings (SSSR count). The average molecular weight is 297 g/mol. The van der Waals surface area contributed by atoms with Gasteiger partial charge in [-0.25, -0.2) is 0 Å². The van der Waals surface area contributed by atoms with Gasteiger partial charge in [0.2, 0.25) is 5.91 Å². The minimum Gasteiger partial charge on any atom is -0.481 e. The minimum atomic E-state index is -0.736. The first kappa shape index (κ1) is 16.2. The highest BCUT2D eigenvalue weighted by Crippen LogP contribution is 2.18. The zero-order chi connectivity index (χ0) is 15.4. The van der Waals surface area contributed by atoms with Crippen molar-refractivity contribution in [1.82, 2.24) is 15.1 Å². The monoisotopic (exact) mass is 297 g/mol. The number of nitrogens with one attached hydrogen (secondary N) is 1. The van der Waals surface area contributed by atoms with Crippen LogP contribution in [-0.4, -0.2) is 72.1 Å². The average Bonchev–Trinajstić information content (AvgIpc) is 2.48. The van der Waals surface area contributed by atoms with Crippen LogP contribution in [0.5, 0.6) is 0 Å². The second-order valence-corrected chi connectivity index (χ2v) is 6.43. The third kappa shape index (κ3) is 4.41. The number of piperidine rings is 2. The largest absolute Gasteiger partial charge is 0.481 e. The predicted octanol–water partition coefficient (Wildman–Crippen LogP) is 0.382. The summed E-state index contributed by atoms with van der Waals surface area (Å²) in [6.07, 6.45) is 3.30. The summed E-state index contributed by atoms with van der Waals surface area (Å²) < 4.78 is 0. The molecule has 0 aromatic heterocycles. The van der Waals surface area contributed by atoms with Gasteiger partial charge in [0.05, 0.1) is 12.5 Å². The Morgan fingerprint density at radius 2 is 1.86 bits per heavy atom. The first-order valence-electron chi connectivity index (χ1n) is 7.91. The summed E-state index contributed by atoms with van der Waals surface area (Å²) >= 11 is 0. The molecule has 0 saturated carbocycles. The van der Waals surface area contributed by atoms with Gasteiger partial charge in [-0.3, -0.25) is 9.59 Å². The third-order valence-corrected chi connectivity index (χ3v) is 4.95. The molecule has 21 heavy (non-hydrogen) atoms. The van der Waals surface area contributed by atoms with E-state index in [0.717, 1.165) is 19.4 Å². The maximum Gasteiger partial charge on any atom is 0.306 e. The summed E-state index contributed by atoms with van der Waals surface area (Å²) in [5.41, 5.74) is 0. The molecule has 6 heteroatoms. The quantitative estimate of drug-likeness (QED) is 0.785. The molecule has 120 valence electrons. The van der Waals surface area contributed by atoms with Gasteiger partial charge in [-0.15, -0.1) is 0 Å². The highest BCUT2D eigenvalue weighted by molar-refractivity contribution is 5.79. The molecule has 2 fully saturated rings. The molecule has 2 aliphatic heterocycles. The number of hydrogen-bond donors (Lipinski definition) is 2. The van der Waals surface area contributed by atoms with E-state index < -0.39 is 5.97 Å². The Balaban J connectivity index is 1.69. The lowest BCUT2D eigenvalue weighted by atomic mass is 9.97. The Morgan fingerprint density at radius 3 is 2.43 bits per heavy atom. The topological polar surface area (TPSA) is 72.9 Å². The Hall–Kier alpha value is -1.14. The van der Waals surface area contributed by atoms with E-state index in [2.05, 4.69) is 24.2 Å². The van der Waals surface area contributed by atoms with E-state index in [-0.39, 0.29) is 11.8 Å². The number of carboxylic acids is 1. The number of carbonyl (C=O) groups excluding carboxylic acids is 1. The number of aliphatic carboxylic acids is 1. The Bertz CT molecular complexity index is 380. The van der Waals surface area contributed by atoms with Crippen LogP contribution in [0.25, 0.3) is 0 Å². The van der Waals surface area contributed by atoms with E-state index in [1.165, 1.54) is 0 Å². The molecule has 2 aliphatic rings. The number of nitrogens with zero attached hydrogens (tertiary/aromatic N) is 2. The molecule has 2 atom stereocenters. The van der Waals surface area contributed by atoms with Crippen molar-refractivity contribution in [3.05, 3.63) is 0 Å². The van der Waals surface area contributed by atoms with Crippen molar-refractivity contribution in [1.29, 1.82) is 0 Å². The molecular weight excluding hydrogens is 270 g/mol. The molecule has 2 unspecified atom stereocenters. The third-order valence-electron chi connectivity index (χ3n) is 4.95. The van der Waals surface area contributed by atoms with Gasteiger partial charge < -0.3 is 20.2 Å². The summed E-state index contributed by atoms with van der Waals surface area (Å²) in [5.74, 6) is -0.914. The van der Waals surface area contributed by atoms with Crippen LogP contribution in [0, 0.1) is 5.92 Å². The van der Waals surface area contributed by atoms with Gasteiger partial charge in [-0.2, -0.15) is 0 Å². The van der Waals surface area contributed by atoms with Gasteiger partial charge in [0.25, 0.3) is 0 Å². The fraction of sp³-hybridized carbons (Fsp3) is 0.867. The molecule has 0 aromatic rings. The highest BCUT2D eigenvalue weighted by atomic mass is 16.4. The molecular formula is C15H27N3O3. The van der Waals surface area contributed by atoms with E-state index in [9.17, 15) is 9.59 Å². The summed E-state index contributed by atoms with van der Waals surface area (Å²) in [6.45, 7) is 4.80. The van der Waals surface area contributed by atoms with Gasteiger partial charge in [0.1, 0.15) is 0 Å². The molecule has 0 radical (unpaired) electrons. The van der Waals surface area contributed by atoms with Crippen LogP contribution in [0.3, 0.4) is 0 Å². The zero-order valence-electron chi connectivity index (χ0n) is 13.0. The van der Waals surface area contributed by atoms with Gasteiger partial charge in [0.15, 0.2) is 0 Å². The molecule has 0 bridgehead atoms. The second-order valence-electron chi connectivity index (χ2n) is 6.43. The van der Waals surface area contributed by atoms with Crippen LogP contribution in [0.1, 0.15) is 32.6 Å². The molecule has 0 aliphatic carbocycles. The van der Waals surface area contributed by atoms with Gasteiger partial charge >= 0.3 is 5.97 Å². The lowest BCUT2D eigenvalue weighted by molar-refractivity contribution is -0.145. The standard InChI is InChI=1S/C15H27N3O3/c1-11-9-13(5-6-17(11)2)16-10-14(19)18-7-3-12(4-8-18)15(20)21/h11-13,16H,3-10H2,1-2H3,(H,20,21). The maximum absolute atomic E-state index is 12.2. The molecule has 2 saturated heterocycles. The summed E-state index contributed by atoms with van der Waals surface area (Å²) in [7, 11) is 2.14. The van der Waals surface area contributed by atoms with Crippen molar-refractivity contribution in [2.24, 2.45) is 5.92 Å². The Morgan fingerprint density at radius 1 is 1.19 bits per heavy atom. The van der Waals surface area contributed by atoms with Gasteiger partial charge in [-0.1, -0.05) is 0 Å². The summed E-state index contributed by atoms with van der Waals surface area (Å²) in [5, 5.41) is 12.3. The molecule has 0 spiro atoms. The molecule has 2 heterocycles. The predicted molar refractivity (Wildman–Crippen MR) is 80.1 cm³/mol. The normalized spacial score (nSPS) is 28.6. The van der Waals surface area contributed by atoms with Gasteiger partial charge in [0, 0.05) is 25.2 Å². The first-order valence-corrected chi connectivity index (χ1v) is 7.91. The highest BCUT2D eigenvalue weighted by Gasteiger charge is 2.28. The smallest absolute Gasteiger partial charge is 0.306 e. The van der Waals surface area contributed by atoms with E-state index in [1.54, 1.807) is 4.90 Å². The van der Waals surface area contributed by atoms with Crippen LogP contribution in [0.2, 0.25) is 0 Å². The van der Waals surface area contributed by atoms with Crippen LogP contribution in [0.15, 0.2) is 0 Å². The number of carboxylic acid groups (broad SMARTS) is 1. The van der Waals surface area contributed by atoms with Crippen molar-refractivity contribution < 1.29 is 14.7 Å². The van der Waals surface area contributed by atoms with E-state index in [4.69, 9.17) is 5.11 Å². The number of hydrogen-bond acceptors (Lipinski definition) is 4. The fourth-order valence-electron chi connectivity index (χ4n) is 3.19. The lowest BCUT2D eigenvalue weighted by Crippen LogP contribution is -2.49. The van der Waals surface area contributed by atoms with Crippen molar-refractivity contribution in [3.63, 3.8) is 0 Å². The SMILES string of the molecule is CC1CC(NCC(=O)N2CCC(C(=O)O)CC2)CCN1C. The first-order chi connectivity index (χ1) is 9.97. The van der Waals surface area contributed by atoms with E-state index in [1.807, 2.05) is 0 Å². The molecule has 2 N–H and O–H groups in total. The van der Waals surface area contributed by atoms with E-state index >= 15 is 0 Å². The maximum atomic E-state index is 12.2. The lowest BCUT2D eigenvalue weighted by Gasteiger charge is -2.36. The van der Waals surface area contributed by atoms with Crippen LogP contribution < -0.4 is 5.32 Å². The fourth-order valence-corrected chi connectivity index (χ4v) is 3.19. The molecule has 0 aromatic carbocycles. The molecule has 1 amide bonds. The summed E-state index contributed by atoms with van der Waals surface area (Å²) in [6, 6.07) is 0.967. The van der Waals surface area contributed by atoms with Crippen molar-refractivity contribution in [2.75, 3.05) is 33.2 Å². The van der Waals surface area contributed by atoms with Crippen molar-refractivity contribution in [3.8, 4) is 0 Å². The van der Waals surface area contributed by atoms with Gasteiger partial charge in [-0.05, 0) is 46.2 Å². The number of carbonyl (C=O) groups is 2. The summed E-state index contributed by atoms with van der Waals surface area (Å²) in [4.78, 5) is 27.2. The van der Waals surface area contributed by atoms with E-state index in [0.29, 0.717) is 44.6 Å². The van der Waals surface area contributed by atoms with Crippen LogP contribution in [-0.2, 0) is 9.59 Å². The minimum absolute atomic E-state index is 0.102.